The third kappa shape index (κ3) is 19.6. The highest BCUT2D eigenvalue weighted by Gasteiger charge is 2.59. The Hall–Kier alpha value is -14.1. The lowest BCUT2D eigenvalue weighted by Crippen LogP contribution is -2.42. The summed E-state index contributed by atoms with van der Waals surface area (Å²) in [5, 5.41) is 40.3. The number of piperidine rings is 4. The van der Waals surface area contributed by atoms with E-state index in [1.165, 1.54) is 0 Å². The number of ether oxygens (including phenoxy) is 1. The van der Waals surface area contributed by atoms with Gasteiger partial charge in [0.1, 0.15) is 22.5 Å². The van der Waals surface area contributed by atoms with E-state index in [0.717, 1.165) is 178 Å². The topological polar surface area (TPSA) is 417 Å². The number of pyridine rings is 2. The van der Waals surface area contributed by atoms with Crippen LogP contribution >= 0.6 is 0 Å². The normalized spacial score (nSPS) is 20.6. The molecule has 2 aromatic carbocycles. The number of likely N-dealkylation sites (tertiary alicyclic amines) is 5. The largest absolute Gasteiger partial charge is 0.451 e. The standard InChI is InChI=1S/C27H32N6O5.C26H27N5O4.C26H32N4O3.C25H30N6O3/c1-26(2,3)38-25(36)33-14-18-19(15-33)30-31-22(18)24(35)32-8-5-27(6-9-32)11-17(27)12-29-23(34)20-10-16-4-7-28-13-21(16)37-20;1-16-19(15-30(2)28-16)22-12-20(29-35-22)25(33)31-9-7-26(8-10-31)13-18(26)14-27-24(32)23-11-17-5-3-4-6-21(17)34-23;1-17-13-20(30(28-17)25(2,3)4)24(32)29-11-9-26(10-12-29)15-19(26)16-27-23(31)22-14-18-7-5-6-8-21(18)33-22;1-29-7-3-20(16-29)31-15-18(12-28-31)24(33)30-8-4-25(5-9-30)11-19(25)13-27-23(32)21-10-17-2-6-26-14-22(17)34-21/h4,7,10,13,17H,5-6,8-9,11-12,14-15H2,1-3H3,(H,29,34)(H,30,31);3-6,11-12,15,18H,7-10,13-14H2,1-2H3,(H,27,32);5-8,13-14,19H,9-12,15-16H2,1-4H3,(H,27,31);2,6,10,12,14-15,19-20H,3-5,7-9,11,13,16H2,1H3,(H,27,32). The van der Waals surface area contributed by atoms with Gasteiger partial charge in [0.2, 0.25) is 0 Å². The summed E-state index contributed by atoms with van der Waals surface area (Å²) < 4.78 is 39.0. The molecule has 5 saturated heterocycles. The first kappa shape index (κ1) is 93.6. The third-order valence-electron chi connectivity index (χ3n) is 30.8. The summed E-state index contributed by atoms with van der Waals surface area (Å²) in [6.07, 6.45) is 24.6. The molecule has 140 heavy (non-hydrogen) atoms. The number of amides is 9. The fourth-order valence-electron chi connectivity index (χ4n) is 22.1. The highest BCUT2D eigenvalue weighted by molar-refractivity contribution is 6.00. The average Bonchev–Trinajstić information content (AvgIpc) is 1.59. The number of fused-ring (bicyclic) bond motifs is 5. The van der Waals surface area contributed by atoms with Crippen LogP contribution in [0.4, 0.5) is 4.79 Å². The number of aromatic amines is 1. The molecule has 9 amide bonds. The Morgan fingerprint density at radius 3 is 1.38 bits per heavy atom. The number of H-pyrrole nitrogens is 1. The van der Waals surface area contributed by atoms with Crippen LogP contribution in [0.3, 0.4) is 0 Å². The Morgan fingerprint density at radius 2 is 0.943 bits per heavy atom. The van der Waals surface area contributed by atoms with E-state index < -0.39 is 11.7 Å². The van der Waals surface area contributed by atoms with Crippen LogP contribution in [0.15, 0.2) is 163 Å². The van der Waals surface area contributed by atoms with E-state index in [2.05, 4.69) is 94.6 Å². The second-order valence-electron chi connectivity index (χ2n) is 42.3. The predicted molar refractivity (Wildman–Crippen MR) is 515 cm³/mol. The summed E-state index contributed by atoms with van der Waals surface area (Å²) in [6, 6.07) is 29.9. The van der Waals surface area contributed by atoms with Gasteiger partial charge in [-0.2, -0.15) is 20.4 Å². The van der Waals surface area contributed by atoms with Gasteiger partial charge >= 0.3 is 6.09 Å². The van der Waals surface area contributed by atoms with Crippen molar-refractivity contribution in [2.45, 2.75) is 169 Å². The van der Waals surface area contributed by atoms with Gasteiger partial charge in [-0.25, -0.2) is 4.79 Å². The molecule has 11 aromatic heterocycles. The summed E-state index contributed by atoms with van der Waals surface area (Å²) >= 11 is 0. The van der Waals surface area contributed by atoms with Crippen LogP contribution in [0, 0.1) is 59.2 Å². The van der Waals surface area contributed by atoms with Crippen LogP contribution in [0.5, 0.6) is 0 Å². The second kappa shape index (κ2) is 37.3. The average molecular weight is 1910 g/mol. The molecule has 17 heterocycles. The van der Waals surface area contributed by atoms with E-state index >= 15 is 0 Å². The van der Waals surface area contributed by atoms with Crippen molar-refractivity contribution in [2.75, 3.05) is 98.7 Å². The lowest BCUT2D eigenvalue weighted by Gasteiger charge is -2.34. The number of carbonyl (C=O) groups excluding carboxylic acids is 9. The minimum Gasteiger partial charge on any atom is -0.451 e. The summed E-state index contributed by atoms with van der Waals surface area (Å²) in [5.41, 5.74) is 8.87. The minimum absolute atomic E-state index is 0.0655. The highest BCUT2D eigenvalue weighted by Crippen LogP contribution is 2.62. The van der Waals surface area contributed by atoms with Crippen molar-refractivity contribution in [1.82, 2.24) is 105 Å². The van der Waals surface area contributed by atoms with Crippen LogP contribution in [-0.2, 0) is 30.4 Å². The van der Waals surface area contributed by atoms with Crippen molar-refractivity contribution >= 4 is 97.2 Å². The first-order chi connectivity index (χ1) is 67.2. The van der Waals surface area contributed by atoms with Crippen LogP contribution in [0.1, 0.15) is 238 Å². The van der Waals surface area contributed by atoms with Crippen molar-refractivity contribution in [3.8, 4) is 11.3 Å². The van der Waals surface area contributed by atoms with E-state index in [0.29, 0.717) is 163 Å². The molecule has 36 heteroatoms. The summed E-state index contributed by atoms with van der Waals surface area (Å²) in [6.45, 7) is 26.4. The van der Waals surface area contributed by atoms with Crippen LogP contribution in [0.25, 0.3) is 55.2 Å². The third-order valence-corrected chi connectivity index (χ3v) is 30.8. The van der Waals surface area contributed by atoms with E-state index in [-0.39, 0.29) is 74.5 Å². The smallest absolute Gasteiger partial charge is 0.410 e. The highest BCUT2D eigenvalue weighted by atomic mass is 16.6. The Labute approximate surface area is 808 Å². The zero-order valence-corrected chi connectivity index (χ0v) is 81.0. The number of aryl methyl sites for hydroxylation is 3. The van der Waals surface area contributed by atoms with Crippen molar-refractivity contribution in [2.24, 2.45) is 52.4 Å². The number of rotatable bonds is 18. The molecule has 13 aromatic rings. The Kier molecular flexibility index (Phi) is 24.9. The molecule has 0 bridgehead atoms. The molecule has 36 nitrogen and oxygen atoms in total. The fourth-order valence-corrected chi connectivity index (χ4v) is 22.1. The number of aromatic nitrogens is 11. The lowest BCUT2D eigenvalue weighted by atomic mass is 9.90. The van der Waals surface area contributed by atoms with Gasteiger partial charge in [-0.1, -0.05) is 41.6 Å². The summed E-state index contributed by atoms with van der Waals surface area (Å²) in [4.78, 5) is 135. The number of hydrogen-bond donors (Lipinski definition) is 5. The zero-order valence-electron chi connectivity index (χ0n) is 81.0. The number of likely N-dealkylation sites (N-methyl/N-ethyl adjacent to an activating group) is 1. The van der Waals surface area contributed by atoms with E-state index in [9.17, 15) is 43.2 Å². The summed E-state index contributed by atoms with van der Waals surface area (Å²) in [5.74, 6) is 2.81. The predicted octanol–water partition coefficient (Wildman–Crippen LogP) is 14.2. The molecular weight excluding hydrogens is 1780 g/mol. The van der Waals surface area contributed by atoms with E-state index in [4.69, 9.17) is 26.9 Å². The van der Waals surface area contributed by atoms with Gasteiger partial charge in [0.05, 0.1) is 71.5 Å². The van der Waals surface area contributed by atoms with Gasteiger partial charge in [0.25, 0.3) is 47.3 Å². The minimum atomic E-state index is -0.581. The molecular formula is C104H121N21O15. The maximum Gasteiger partial charge on any atom is 0.410 e. The number of nitrogens with zero attached hydrogens (tertiary/aromatic N) is 16. The molecule has 5 N–H and O–H groups in total. The molecule has 23 rings (SSSR count). The zero-order chi connectivity index (χ0) is 97.5. The number of para-hydroxylation sites is 2. The van der Waals surface area contributed by atoms with Crippen LogP contribution in [-0.4, -0.2) is 242 Å². The molecule has 732 valence electrons. The molecule has 6 aliphatic heterocycles. The fraction of sp³-hybridized carbons (Fsp3) is 0.481. The number of benzene rings is 2. The maximum atomic E-state index is 13.3. The van der Waals surface area contributed by atoms with Gasteiger partial charge < -0.3 is 72.7 Å². The van der Waals surface area contributed by atoms with Crippen molar-refractivity contribution in [3.63, 3.8) is 0 Å². The van der Waals surface area contributed by atoms with Gasteiger partial charge in [-0.3, -0.25) is 72.4 Å². The Balaban J connectivity index is 0.000000115. The number of nitrogens with one attached hydrogen (secondary N) is 5. The van der Waals surface area contributed by atoms with Gasteiger partial charge in [-0.15, -0.1) is 0 Å². The number of carbonyl (C=O) groups is 9. The van der Waals surface area contributed by atoms with Gasteiger partial charge in [0, 0.05) is 150 Å². The van der Waals surface area contributed by atoms with E-state index in [1.54, 1.807) is 70.9 Å². The first-order valence-electron chi connectivity index (χ1n) is 49.0. The van der Waals surface area contributed by atoms with Crippen molar-refractivity contribution in [3.05, 3.63) is 209 Å². The van der Waals surface area contributed by atoms with Crippen LogP contribution < -0.4 is 21.3 Å². The number of furan rings is 4. The van der Waals surface area contributed by atoms with Gasteiger partial charge in [-0.05, 0) is 252 Å². The number of hydrogen-bond acceptors (Lipinski definition) is 23. The van der Waals surface area contributed by atoms with Crippen LogP contribution in [0.2, 0.25) is 0 Å². The Bertz CT molecular complexity index is 6750. The Morgan fingerprint density at radius 1 is 0.493 bits per heavy atom. The molecule has 5 unspecified atom stereocenters. The first-order valence-corrected chi connectivity index (χ1v) is 49.0. The molecule has 10 aliphatic rings. The quantitative estimate of drug-likeness (QED) is 0.0532. The van der Waals surface area contributed by atoms with Crippen molar-refractivity contribution < 1.29 is 70.1 Å². The molecule has 9 fully saturated rings. The molecule has 4 spiro atoms. The van der Waals surface area contributed by atoms with Gasteiger partial charge in [0.15, 0.2) is 51.4 Å². The van der Waals surface area contributed by atoms with E-state index in [1.807, 2.05) is 150 Å². The molecule has 4 aliphatic carbocycles. The molecule has 5 atom stereocenters. The lowest BCUT2D eigenvalue weighted by molar-refractivity contribution is 0.0237. The van der Waals surface area contributed by atoms with Crippen molar-refractivity contribution in [1.29, 1.82) is 0 Å². The second-order valence-corrected chi connectivity index (χ2v) is 42.3. The SMILES string of the molecule is CC(C)(C)OC(=O)N1Cc2[nH]nc(C(=O)N3CCC4(CC3)CC4CNC(=O)c3cc4ccncc4o3)c2C1.CN1CCC(n2cc(C(=O)N3CCC4(CC3)CC4CNC(=O)c3cc4ccncc4o3)cn2)C1.Cc1cc(C(=O)N2CCC3(CC2)CC3CNC(=O)c2cc3ccccc3o2)n(C(C)(C)C)n1.Cc1nn(C)cc1-c1cc(C(=O)N2CCC3(CC2)CC3CNC(=O)c2cc3ccccc3o2)no1. The maximum absolute atomic E-state index is 13.3. The monoisotopic (exact) mass is 1900 g/mol. The summed E-state index contributed by atoms with van der Waals surface area (Å²) in [7, 11) is 3.96. The molecule has 0 radical (unpaired) electrons. The molecule has 4 saturated carbocycles.